The van der Waals surface area contributed by atoms with Crippen molar-refractivity contribution in [1.29, 1.82) is 0 Å². The van der Waals surface area contributed by atoms with E-state index in [-0.39, 0.29) is 5.92 Å². The van der Waals surface area contributed by atoms with Crippen molar-refractivity contribution < 1.29 is 9.50 Å². The second-order valence-corrected chi connectivity index (χ2v) is 2.02. The first-order chi connectivity index (χ1) is 3.66. The summed E-state index contributed by atoms with van der Waals surface area (Å²) < 4.78 is 12.0. The van der Waals surface area contributed by atoms with Gasteiger partial charge < -0.3 is 5.11 Å². The molecule has 0 aromatic carbocycles. The molecule has 0 unspecified atom stereocenters. The van der Waals surface area contributed by atoms with Crippen molar-refractivity contribution >= 4 is 0 Å². The van der Waals surface area contributed by atoms with Gasteiger partial charge in [0.2, 0.25) is 0 Å². The molecule has 8 heavy (non-hydrogen) atoms. The van der Waals surface area contributed by atoms with Crippen LogP contribution in [0.4, 0.5) is 4.39 Å². The van der Waals surface area contributed by atoms with Gasteiger partial charge in [0.15, 0.2) is 0 Å². The van der Waals surface area contributed by atoms with Crippen LogP contribution in [0.25, 0.3) is 0 Å². The highest BCUT2D eigenvalue weighted by atomic mass is 19.1. The zero-order valence-electron chi connectivity index (χ0n) is 5.19. The highest BCUT2D eigenvalue weighted by Gasteiger charge is 1.91. The Labute approximate surface area is 48.8 Å². The van der Waals surface area contributed by atoms with Crippen LogP contribution in [0.3, 0.4) is 0 Å². The van der Waals surface area contributed by atoms with Crippen molar-refractivity contribution in [2.75, 3.05) is 6.61 Å². The fraction of sp³-hybridized carbons (Fsp3) is 0.667. The average Bonchev–Trinajstić information content (AvgIpc) is 1.65. The normalized spacial score (nSPS) is 12.9. The Hall–Kier alpha value is -0.370. The molecule has 0 fully saturated rings. The molecule has 0 heterocycles. The van der Waals surface area contributed by atoms with E-state index < -0.39 is 12.4 Å². The Morgan fingerprint density at radius 1 is 1.75 bits per heavy atom. The van der Waals surface area contributed by atoms with Crippen molar-refractivity contribution in [2.45, 2.75) is 13.8 Å². The van der Waals surface area contributed by atoms with E-state index in [0.29, 0.717) is 0 Å². The molecular formula is C6H11FO. The van der Waals surface area contributed by atoms with E-state index in [9.17, 15) is 4.39 Å². The van der Waals surface area contributed by atoms with Crippen LogP contribution < -0.4 is 0 Å². The third-order valence-corrected chi connectivity index (χ3v) is 0.665. The van der Waals surface area contributed by atoms with Gasteiger partial charge in [-0.05, 0) is 12.0 Å². The van der Waals surface area contributed by atoms with Crippen LogP contribution >= 0.6 is 0 Å². The maximum Gasteiger partial charge on any atom is 0.122 e. The van der Waals surface area contributed by atoms with Gasteiger partial charge in [-0.1, -0.05) is 13.8 Å². The van der Waals surface area contributed by atoms with Crippen LogP contribution in [-0.4, -0.2) is 11.7 Å². The van der Waals surface area contributed by atoms with Crippen LogP contribution in [0.15, 0.2) is 11.9 Å². The van der Waals surface area contributed by atoms with E-state index in [4.69, 9.17) is 5.11 Å². The van der Waals surface area contributed by atoms with Crippen LogP contribution in [0.2, 0.25) is 0 Å². The maximum absolute atomic E-state index is 12.0. The first kappa shape index (κ1) is 7.63. The molecule has 0 aliphatic heterocycles. The topological polar surface area (TPSA) is 20.2 Å². The molecule has 0 bridgehead atoms. The van der Waals surface area contributed by atoms with E-state index >= 15 is 0 Å². The van der Waals surface area contributed by atoms with Gasteiger partial charge in [-0.3, -0.25) is 0 Å². The van der Waals surface area contributed by atoms with Crippen LogP contribution in [0, 0.1) is 5.92 Å². The van der Waals surface area contributed by atoms with Gasteiger partial charge in [0.1, 0.15) is 5.83 Å². The number of rotatable bonds is 2. The lowest BCUT2D eigenvalue weighted by Crippen LogP contribution is -1.86. The molecule has 0 aliphatic rings. The second kappa shape index (κ2) is 3.61. The van der Waals surface area contributed by atoms with Gasteiger partial charge >= 0.3 is 0 Å². The minimum Gasteiger partial charge on any atom is -0.389 e. The summed E-state index contributed by atoms with van der Waals surface area (Å²) in [6, 6.07) is 0. The highest BCUT2D eigenvalue weighted by molar-refractivity contribution is 4.92. The fourth-order valence-corrected chi connectivity index (χ4v) is 0.414. The summed E-state index contributed by atoms with van der Waals surface area (Å²) in [5.74, 6) is -0.262. The molecule has 0 aromatic rings. The average molecular weight is 118 g/mol. The molecule has 1 N–H and O–H groups in total. The monoisotopic (exact) mass is 118 g/mol. The summed E-state index contributed by atoms with van der Waals surface area (Å²) in [4.78, 5) is 0. The molecule has 0 atom stereocenters. The maximum atomic E-state index is 12.0. The smallest absolute Gasteiger partial charge is 0.122 e. The summed E-state index contributed by atoms with van der Waals surface area (Å²) in [7, 11) is 0. The predicted molar refractivity (Wildman–Crippen MR) is 31.1 cm³/mol. The Kier molecular flexibility index (Phi) is 3.44. The Morgan fingerprint density at radius 3 is 2.38 bits per heavy atom. The van der Waals surface area contributed by atoms with Gasteiger partial charge in [0, 0.05) is 0 Å². The molecular weight excluding hydrogens is 107 g/mol. The molecule has 48 valence electrons. The van der Waals surface area contributed by atoms with E-state index in [0.717, 1.165) is 0 Å². The quantitative estimate of drug-likeness (QED) is 0.582. The molecule has 0 saturated heterocycles. The van der Waals surface area contributed by atoms with Crippen molar-refractivity contribution in [3.63, 3.8) is 0 Å². The molecule has 0 saturated carbocycles. The number of hydrogen-bond donors (Lipinski definition) is 1. The third kappa shape index (κ3) is 3.81. The molecule has 1 nitrogen and oxygen atoms in total. The van der Waals surface area contributed by atoms with E-state index in [1.807, 2.05) is 13.8 Å². The Balaban J connectivity index is 3.56. The molecule has 0 aromatic heterocycles. The van der Waals surface area contributed by atoms with Crippen molar-refractivity contribution in [3.8, 4) is 0 Å². The number of aliphatic hydroxyl groups excluding tert-OH is 1. The molecule has 0 amide bonds. The van der Waals surface area contributed by atoms with Gasteiger partial charge in [0.05, 0.1) is 6.61 Å². The zero-order chi connectivity index (χ0) is 6.57. The van der Waals surface area contributed by atoms with Crippen LogP contribution in [-0.2, 0) is 0 Å². The molecule has 0 aliphatic carbocycles. The predicted octanol–water partition coefficient (Wildman–Crippen LogP) is 1.49. The molecule has 0 radical (unpaired) electrons. The number of halogens is 1. The second-order valence-electron chi connectivity index (χ2n) is 2.02. The van der Waals surface area contributed by atoms with Crippen LogP contribution in [0.1, 0.15) is 13.8 Å². The standard InChI is InChI=1S/C6H11FO/c1-5(2)3-6(7)4-8/h3,5,8H,4H2,1-2H3. The van der Waals surface area contributed by atoms with E-state index in [1.54, 1.807) is 0 Å². The van der Waals surface area contributed by atoms with Crippen molar-refractivity contribution in [3.05, 3.63) is 11.9 Å². The van der Waals surface area contributed by atoms with Gasteiger partial charge in [-0.2, -0.15) is 0 Å². The largest absolute Gasteiger partial charge is 0.389 e. The lowest BCUT2D eigenvalue weighted by molar-refractivity contribution is 0.296. The molecule has 0 rings (SSSR count). The summed E-state index contributed by atoms with van der Waals surface area (Å²) in [5.41, 5.74) is 0. The lowest BCUT2D eigenvalue weighted by atomic mass is 10.2. The van der Waals surface area contributed by atoms with Gasteiger partial charge in [-0.25, -0.2) is 4.39 Å². The van der Waals surface area contributed by atoms with Crippen molar-refractivity contribution in [2.24, 2.45) is 5.92 Å². The number of allylic oxidation sites excluding steroid dienone is 1. The molecule has 2 heteroatoms. The Morgan fingerprint density at radius 2 is 2.25 bits per heavy atom. The summed E-state index contributed by atoms with van der Waals surface area (Å²) in [6.45, 7) is 3.24. The summed E-state index contributed by atoms with van der Waals surface area (Å²) >= 11 is 0. The minimum atomic E-state index is -0.474. The lowest BCUT2D eigenvalue weighted by Gasteiger charge is -1.93. The SMILES string of the molecule is CC(C)C=C(F)CO. The van der Waals surface area contributed by atoms with E-state index in [1.165, 1.54) is 6.08 Å². The minimum absolute atomic E-state index is 0.183. The summed E-state index contributed by atoms with van der Waals surface area (Å²) in [5, 5.41) is 8.14. The van der Waals surface area contributed by atoms with Crippen LogP contribution in [0.5, 0.6) is 0 Å². The fourth-order valence-electron chi connectivity index (χ4n) is 0.414. The highest BCUT2D eigenvalue weighted by Crippen LogP contribution is 2.01. The van der Waals surface area contributed by atoms with E-state index in [2.05, 4.69) is 0 Å². The third-order valence-electron chi connectivity index (χ3n) is 0.665. The van der Waals surface area contributed by atoms with Gasteiger partial charge in [0.25, 0.3) is 0 Å². The van der Waals surface area contributed by atoms with Crippen molar-refractivity contribution in [1.82, 2.24) is 0 Å². The number of hydrogen-bond acceptors (Lipinski definition) is 1. The summed E-state index contributed by atoms with van der Waals surface area (Å²) in [6.07, 6.45) is 1.39. The zero-order valence-corrected chi connectivity index (χ0v) is 5.19. The number of aliphatic hydroxyl groups is 1. The first-order valence-corrected chi connectivity index (χ1v) is 2.64. The first-order valence-electron chi connectivity index (χ1n) is 2.64. The van der Waals surface area contributed by atoms with Gasteiger partial charge in [-0.15, -0.1) is 0 Å². The Bertz CT molecular complexity index is 86.5. The molecule has 0 spiro atoms.